The Morgan fingerprint density at radius 2 is 2.14 bits per heavy atom. The summed E-state index contributed by atoms with van der Waals surface area (Å²) in [6.45, 7) is 8.34. The van der Waals surface area contributed by atoms with Crippen molar-refractivity contribution in [1.29, 1.82) is 0 Å². The first-order chi connectivity index (χ1) is 9.86. The van der Waals surface area contributed by atoms with Gasteiger partial charge in [-0.3, -0.25) is 9.78 Å². The van der Waals surface area contributed by atoms with Crippen molar-refractivity contribution in [2.24, 2.45) is 0 Å². The van der Waals surface area contributed by atoms with E-state index in [-0.39, 0.29) is 17.5 Å². The first kappa shape index (κ1) is 15.3. The third kappa shape index (κ3) is 4.18. The van der Waals surface area contributed by atoms with E-state index < -0.39 is 0 Å². The smallest absolute Gasteiger partial charge is 0.253 e. The van der Waals surface area contributed by atoms with Crippen molar-refractivity contribution in [2.75, 3.05) is 0 Å². The highest BCUT2D eigenvalue weighted by Gasteiger charge is 2.16. The van der Waals surface area contributed by atoms with E-state index in [9.17, 15) is 4.79 Å². The Labute approximate surface area is 126 Å². The molecule has 0 aliphatic carbocycles. The number of nitrogens with zero attached hydrogens (tertiary/aromatic N) is 2. The summed E-state index contributed by atoms with van der Waals surface area (Å²) >= 11 is 0. The Balaban J connectivity index is 1.96. The normalized spacial score (nSPS) is 13.0. The molecule has 1 atom stereocenters. The van der Waals surface area contributed by atoms with Gasteiger partial charge in [-0.25, -0.2) is 0 Å². The van der Waals surface area contributed by atoms with Crippen LogP contribution in [0, 0.1) is 0 Å². The quantitative estimate of drug-likeness (QED) is 0.938. The zero-order valence-corrected chi connectivity index (χ0v) is 13.1. The highest BCUT2D eigenvalue weighted by Crippen LogP contribution is 2.15. The van der Waals surface area contributed by atoms with Gasteiger partial charge < -0.3 is 9.88 Å². The minimum absolute atomic E-state index is 0.0140. The summed E-state index contributed by atoms with van der Waals surface area (Å²) in [5, 5.41) is 3.03. The van der Waals surface area contributed by atoms with E-state index in [1.165, 1.54) is 0 Å². The van der Waals surface area contributed by atoms with Crippen molar-refractivity contribution >= 4 is 5.91 Å². The molecule has 4 nitrogen and oxygen atoms in total. The first-order valence-corrected chi connectivity index (χ1v) is 7.24. The molecule has 0 aliphatic rings. The molecule has 21 heavy (non-hydrogen) atoms. The molecule has 2 heterocycles. The zero-order chi connectivity index (χ0) is 15.5. The number of aromatic nitrogens is 2. The fraction of sp³-hybridized carbons (Fsp3) is 0.412. The molecule has 112 valence electrons. The van der Waals surface area contributed by atoms with Crippen LogP contribution in [0.25, 0.3) is 0 Å². The van der Waals surface area contributed by atoms with Crippen LogP contribution in [0.5, 0.6) is 0 Å². The van der Waals surface area contributed by atoms with E-state index in [1.54, 1.807) is 6.20 Å². The maximum atomic E-state index is 12.2. The Kier molecular flexibility index (Phi) is 4.46. The molecule has 0 saturated heterocycles. The Morgan fingerprint density at radius 1 is 1.38 bits per heavy atom. The van der Waals surface area contributed by atoms with E-state index in [4.69, 9.17) is 0 Å². The van der Waals surface area contributed by atoms with Gasteiger partial charge in [-0.1, -0.05) is 6.07 Å². The van der Waals surface area contributed by atoms with Crippen LogP contribution in [0.15, 0.2) is 43.0 Å². The lowest BCUT2D eigenvalue weighted by atomic mass is 10.1. The molecule has 0 fully saturated rings. The number of nitrogens with one attached hydrogen (secondary N) is 1. The molecule has 1 unspecified atom stereocenters. The standard InChI is InChI=1S/C17H23N3O/c1-13(10-14-6-5-8-18-11-14)19-16(21)15-7-9-20(12-15)17(2,3)4/h5-9,11-13H,10H2,1-4H3,(H,19,21). The molecule has 1 amide bonds. The van der Waals surface area contributed by atoms with Gasteiger partial charge in [0.15, 0.2) is 0 Å². The van der Waals surface area contributed by atoms with E-state index in [1.807, 2.05) is 48.3 Å². The van der Waals surface area contributed by atoms with E-state index in [2.05, 4.69) is 31.1 Å². The largest absolute Gasteiger partial charge is 0.349 e. The molecule has 0 spiro atoms. The van der Waals surface area contributed by atoms with Gasteiger partial charge in [-0.15, -0.1) is 0 Å². The van der Waals surface area contributed by atoms with Gasteiger partial charge in [0, 0.05) is 36.4 Å². The summed E-state index contributed by atoms with van der Waals surface area (Å²) in [6.07, 6.45) is 8.20. The maximum absolute atomic E-state index is 12.2. The number of carbonyl (C=O) groups excluding carboxylic acids is 1. The average Bonchev–Trinajstić information content (AvgIpc) is 2.89. The summed E-state index contributed by atoms with van der Waals surface area (Å²) in [5.41, 5.74) is 1.81. The SMILES string of the molecule is CC(Cc1cccnc1)NC(=O)c1ccn(C(C)(C)C)c1. The predicted octanol–water partition coefficient (Wildman–Crippen LogP) is 3.00. The van der Waals surface area contributed by atoms with E-state index in [0.29, 0.717) is 5.56 Å². The molecule has 1 N–H and O–H groups in total. The van der Waals surface area contributed by atoms with E-state index in [0.717, 1.165) is 12.0 Å². The molecule has 0 saturated carbocycles. The van der Waals surface area contributed by atoms with Crippen molar-refractivity contribution in [3.63, 3.8) is 0 Å². The molecule has 0 aromatic carbocycles. The Hall–Kier alpha value is -2.10. The Morgan fingerprint density at radius 3 is 2.71 bits per heavy atom. The fourth-order valence-corrected chi connectivity index (χ4v) is 2.18. The van der Waals surface area contributed by atoms with Crippen molar-refractivity contribution < 1.29 is 4.79 Å². The molecule has 2 aromatic heterocycles. The zero-order valence-electron chi connectivity index (χ0n) is 13.1. The van der Waals surface area contributed by atoms with Gasteiger partial charge >= 0.3 is 0 Å². The fourth-order valence-electron chi connectivity index (χ4n) is 2.18. The van der Waals surface area contributed by atoms with Crippen LogP contribution in [0.1, 0.15) is 43.6 Å². The second-order valence-corrected chi connectivity index (χ2v) is 6.42. The second kappa shape index (κ2) is 6.12. The minimum atomic E-state index is -0.0330. The van der Waals surface area contributed by atoms with Crippen molar-refractivity contribution in [3.8, 4) is 0 Å². The molecule has 4 heteroatoms. The third-order valence-corrected chi connectivity index (χ3v) is 3.37. The maximum Gasteiger partial charge on any atom is 0.253 e. The summed E-state index contributed by atoms with van der Waals surface area (Å²) in [7, 11) is 0. The first-order valence-electron chi connectivity index (χ1n) is 7.24. The van der Waals surface area contributed by atoms with Crippen LogP contribution in [0.2, 0.25) is 0 Å². The molecule has 0 bridgehead atoms. The van der Waals surface area contributed by atoms with Gasteiger partial charge in [0.05, 0.1) is 5.56 Å². The number of hydrogen-bond acceptors (Lipinski definition) is 2. The molecule has 2 aromatic rings. The number of hydrogen-bond donors (Lipinski definition) is 1. The summed E-state index contributed by atoms with van der Waals surface area (Å²) in [6, 6.07) is 5.86. The highest BCUT2D eigenvalue weighted by atomic mass is 16.1. The topological polar surface area (TPSA) is 46.9 Å². The molecular weight excluding hydrogens is 262 g/mol. The molecular formula is C17H23N3O. The van der Waals surface area contributed by atoms with Crippen molar-refractivity contribution in [2.45, 2.75) is 45.7 Å². The molecule has 0 radical (unpaired) electrons. The van der Waals surface area contributed by atoms with Crippen LogP contribution < -0.4 is 5.32 Å². The number of rotatable bonds is 4. The monoisotopic (exact) mass is 285 g/mol. The van der Waals surface area contributed by atoms with Gasteiger partial charge in [-0.05, 0) is 51.8 Å². The molecule has 0 aliphatic heterocycles. The lowest BCUT2D eigenvalue weighted by Gasteiger charge is -2.20. The summed E-state index contributed by atoms with van der Waals surface area (Å²) in [4.78, 5) is 16.3. The van der Waals surface area contributed by atoms with Crippen molar-refractivity contribution in [1.82, 2.24) is 14.9 Å². The van der Waals surface area contributed by atoms with E-state index >= 15 is 0 Å². The molecule has 2 rings (SSSR count). The van der Waals surface area contributed by atoms with Crippen LogP contribution in [-0.2, 0) is 12.0 Å². The lowest BCUT2D eigenvalue weighted by molar-refractivity contribution is 0.0940. The Bertz CT molecular complexity index is 596. The van der Waals surface area contributed by atoms with Gasteiger partial charge in [0.1, 0.15) is 0 Å². The van der Waals surface area contributed by atoms with Crippen LogP contribution in [0.3, 0.4) is 0 Å². The second-order valence-electron chi connectivity index (χ2n) is 6.42. The minimum Gasteiger partial charge on any atom is -0.349 e. The highest BCUT2D eigenvalue weighted by molar-refractivity contribution is 5.94. The van der Waals surface area contributed by atoms with Crippen molar-refractivity contribution in [3.05, 3.63) is 54.1 Å². The number of pyridine rings is 1. The number of carbonyl (C=O) groups is 1. The average molecular weight is 285 g/mol. The summed E-state index contributed by atoms with van der Waals surface area (Å²) < 4.78 is 2.05. The van der Waals surface area contributed by atoms with Crippen LogP contribution >= 0.6 is 0 Å². The summed E-state index contributed by atoms with van der Waals surface area (Å²) in [5.74, 6) is -0.0330. The van der Waals surface area contributed by atoms with Crippen LogP contribution in [0.4, 0.5) is 0 Å². The lowest BCUT2D eigenvalue weighted by Crippen LogP contribution is -2.34. The third-order valence-electron chi connectivity index (χ3n) is 3.37. The van der Waals surface area contributed by atoms with Gasteiger partial charge in [0.25, 0.3) is 5.91 Å². The van der Waals surface area contributed by atoms with Gasteiger partial charge in [0.2, 0.25) is 0 Å². The number of amides is 1. The predicted molar refractivity (Wildman–Crippen MR) is 84.3 cm³/mol. The van der Waals surface area contributed by atoms with Crippen LogP contribution in [-0.4, -0.2) is 21.5 Å². The van der Waals surface area contributed by atoms with Gasteiger partial charge in [-0.2, -0.15) is 0 Å².